The third-order valence-corrected chi connectivity index (χ3v) is 4.41. The van der Waals surface area contributed by atoms with Crippen LogP contribution in [-0.4, -0.2) is 24.8 Å². The van der Waals surface area contributed by atoms with Gasteiger partial charge in [0.25, 0.3) is 0 Å². The summed E-state index contributed by atoms with van der Waals surface area (Å²) < 4.78 is 5.37. The van der Waals surface area contributed by atoms with Gasteiger partial charge in [-0.05, 0) is 44.2 Å². The number of rotatable bonds is 8. The Kier molecular flexibility index (Phi) is 6.52. The highest BCUT2D eigenvalue weighted by Crippen LogP contribution is 2.22. The molecule has 0 atom stereocenters. The Hall–Kier alpha value is -2.18. The Morgan fingerprint density at radius 1 is 1.17 bits per heavy atom. The van der Waals surface area contributed by atoms with Crippen molar-refractivity contribution in [1.29, 1.82) is 0 Å². The van der Waals surface area contributed by atoms with Crippen LogP contribution in [0, 0.1) is 13.8 Å². The van der Waals surface area contributed by atoms with Crippen LogP contribution in [0.4, 0.5) is 5.69 Å². The van der Waals surface area contributed by atoms with Crippen LogP contribution < -0.4 is 15.8 Å². The number of carbonyl (C=O) groups is 2. The van der Waals surface area contributed by atoms with Gasteiger partial charge in [0.15, 0.2) is 5.78 Å². The highest BCUT2D eigenvalue weighted by Gasteiger charge is 2.13. The van der Waals surface area contributed by atoms with Crippen molar-refractivity contribution in [3.8, 4) is 5.75 Å². The van der Waals surface area contributed by atoms with Crippen LogP contribution in [0.1, 0.15) is 33.0 Å². The SMILES string of the molecule is Cc1cc(C(=O)CCC(=O)Nc2ccc(OCCN)cc2)c(C)s1. The van der Waals surface area contributed by atoms with E-state index < -0.39 is 0 Å². The molecule has 1 amide bonds. The summed E-state index contributed by atoms with van der Waals surface area (Å²) in [5.41, 5.74) is 6.78. The molecule has 5 nitrogen and oxygen atoms in total. The molecule has 2 rings (SSSR count). The summed E-state index contributed by atoms with van der Waals surface area (Å²) in [6.45, 7) is 4.81. The topological polar surface area (TPSA) is 81.4 Å². The van der Waals surface area contributed by atoms with Gasteiger partial charge < -0.3 is 15.8 Å². The summed E-state index contributed by atoms with van der Waals surface area (Å²) >= 11 is 1.60. The molecule has 2 aromatic rings. The number of hydrogen-bond donors (Lipinski definition) is 2. The minimum absolute atomic E-state index is 0.0116. The van der Waals surface area contributed by atoms with Crippen molar-refractivity contribution < 1.29 is 14.3 Å². The largest absolute Gasteiger partial charge is 0.492 e. The summed E-state index contributed by atoms with van der Waals surface area (Å²) in [4.78, 5) is 26.3. The second-order valence-corrected chi connectivity index (χ2v) is 6.92. The maximum atomic E-state index is 12.2. The molecule has 0 saturated carbocycles. The first-order chi connectivity index (χ1) is 11.5. The van der Waals surface area contributed by atoms with E-state index in [1.165, 1.54) is 0 Å². The third-order valence-electron chi connectivity index (χ3n) is 3.45. The van der Waals surface area contributed by atoms with Gasteiger partial charge in [0.05, 0.1) is 0 Å². The molecule has 3 N–H and O–H groups in total. The molecule has 128 valence electrons. The number of hydrogen-bond acceptors (Lipinski definition) is 5. The van der Waals surface area contributed by atoms with Crippen LogP contribution in [0.2, 0.25) is 0 Å². The molecular formula is C18H22N2O3S. The van der Waals surface area contributed by atoms with Gasteiger partial charge in [-0.2, -0.15) is 0 Å². The number of carbonyl (C=O) groups excluding carboxylic acids is 2. The molecule has 0 fully saturated rings. The summed E-state index contributed by atoms with van der Waals surface area (Å²) in [7, 11) is 0. The summed E-state index contributed by atoms with van der Waals surface area (Å²) in [6.07, 6.45) is 0.374. The highest BCUT2D eigenvalue weighted by molar-refractivity contribution is 7.12. The number of anilines is 1. The van der Waals surface area contributed by atoms with Crippen molar-refractivity contribution in [2.45, 2.75) is 26.7 Å². The molecule has 0 unspecified atom stereocenters. The highest BCUT2D eigenvalue weighted by atomic mass is 32.1. The Balaban J connectivity index is 1.82. The number of Topliss-reactive ketones (excluding diaryl/α,β-unsaturated/α-hetero) is 1. The van der Waals surface area contributed by atoms with E-state index in [1.807, 2.05) is 19.9 Å². The maximum Gasteiger partial charge on any atom is 0.224 e. The molecule has 0 saturated heterocycles. The number of ether oxygens (including phenoxy) is 1. The standard InChI is InChI=1S/C18H22N2O3S/c1-12-11-16(13(2)24-12)17(21)7-8-18(22)20-14-3-5-15(6-4-14)23-10-9-19/h3-6,11H,7-10,19H2,1-2H3,(H,20,22). The quantitative estimate of drug-likeness (QED) is 0.719. The van der Waals surface area contributed by atoms with Crippen molar-refractivity contribution in [2.24, 2.45) is 5.73 Å². The molecule has 24 heavy (non-hydrogen) atoms. The molecule has 6 heteroatoms. The molecule has 0 aliphatic heterocycles. The fourth-order valence-electron chi connectivity index (χ4n) is 2.30. The molecule has 0 spiro atoms. The van der Waals surface area contributed by atoms with Crippen LogP contribution in [0.25, 0.3) is 0 Å². The molecule has 0 bridgehead atoms. The van der Waals surface area contributed by atoms with Gasteiger partial charge in [0, 0.05) is 40.4 Å². The first-order valence-corrected chi connectivity index (χ1v) is 8.64. The first kappa shape index (κ1) is 18.2. The Labute approximate surface area is 145 Å². The number of ketones is 1. The van der Waals surface area contributed by atoms with Gasteiger partial charge in [-0.3, -0.25) is 9.59 Å². The Morgan fingerprint density at radius 2 is 1.88 bits per heavy atom. The molecule has 0 aliphatic rings. The van der Waals surface area contributed by atoms with Gasteiger partial charge in [-0.25, -0.2) is 0 Å². The molecule has 0 aliphatic carbocycles. The van der Waals surface area contributed by atoms with Gasteiger partial charge in [0.1, 0.15) is 12.4 Å². The third kappa shape index (κ3) is 5.18. The summed E-state index contributed by atoms with van der Waals surface area (Å²) in [5, 5.41) is 2.78. The van der Waals surface area contributed by atoms with Gasteiger partial charge >= 0.3 is 0 Å². The number of benzene rings is 1. The van der Waals surface area contributed by atoms with Crippen LogP contribution in [0.5, 0.6) is 5.75 Å². The van der Waals surface area contributed by atoms with E-state index in [-0.39, 0.29) is 24.5 Å². The predicted octanol–water partition coefficient (Wildman–Crippen LogP) is 3.30. The number of thiophene rings is 1. The van der Waals surface area contributed by atoms with Crippen molar-refractivity contribution in [1.82, 2.24) is 0 Å². The summed E-state index contributed by atoms with van der Waals surface area (Å²) in [6, 6.07) is 8.96. The van der Waals surface area contributed by atoms with Crippen molar-refractivity contribution in [3.05, 3.63) is 45.6 Å². The minimum Gasteiger partial charge on any atom is -0.492 e. The zero-order chi connectivity index (χ0) is 17.5. The lowest BCUT2D eigenvalue weighted by atomic mass is 10.1. The number of nitrogens with two attached hydrogens (primary N) is 1. The molecule has 1 aromatic carbocycles. The van der Waals surface area contributed by atoms with Crippen molar-refractivity contribution >= 4 is 28.7 Å². The molecule has 1 aromatic heterocycles. The predicted molar refractivity (Wildman–Crippen MR) is 97.0 cm³/mol. The lowest BCUT2D eigenvalue weighted by Gasteiger charge is -2.07. The van der Waals surface area contributed by atoms with E-state index >= 15 is 0 Å². The van der Waals surface area contributed by atoms with Crippen molar-refractivity contribution in [2.75, 3.05) is 18.5 Å². The second-order valence-electron chi connectivity index (χ2n) is 5.46. The van der Waals surface area contributed by atoms with Crippen molar-refractivity contribution in [3.63, 3.8) is 0 Å². The maximum absolute atomic E-state index is 12.2. The van der Waals surface area contributed by atoms with E-state index in [4.69, 9.17) is 10.5 Å². The number of aryl methyl sites for hydroxylation is 2. The number of amides is 1. The molecule has 1 heterocycles. The normalized spacial score (nSPS) is 10.5. The molecular weight excluding hydrogens is 324 g/mol. The fraction of sp³-hybridized carbons (Fsp3) is 0.333. The average molecular weight is 346 g/mol. The van der Waals surface area contributed by atoms with E-state index in [0.717, 1.165) is 15.3 Å². The van der Waals surface area contributed by atoms with E-state index in [0.29, 0.717) is 24.6 Å². The Morgan fingerprint density at radius 3 is 2.46 bits per heavy atom. The smallest absolute Gasteiger partial charge is 0.224 e. The zero-order valence-electron chi connectivity index (χ0n) is 13.9. The van der Waals surface area contributed by atoms with Crippen LogP contribution >= 0.6 is 11.3 Å². The monoisotopic (exact) mass is 346 g/mol. The van der Waals surface area contributed by atoms with Crippen LogP contribution in [0.3, 0.4) is 0 Å². The van der Waals surface area contributed by atoms with E-state index in [1.54, 1.807) is 35.6 Å². The van der Waals surface area contributed by atoms with Crippen LogP contribution in [0.15, 0.2) is 30.3 Å². The summed E-state index contributed by atoms with van der Waals surface area (Å²) in [5.74, 6) is 0.540. The Bertz CT molecular complexity index is 708. The minimum atomic E-state index is -0.177. The van der Waals surface area contributed by atoms with Gasteiger partial charge in [-0.1, -0.05) is 0 Å². The van der Waals surface area contributed by atoms with Crippen LogP contribution in [-0.2, 0) is 4.79 Å². The van der Waals surface area contributed by atoms with E-state index in [2.05, 4.69) is 5.32 Å². The first-order valence-electron chi connectivity index (χ1n) is 7.82. The average Bonchev–Trinajstić information content (AvgIpc) is 2.90. The zero-order valence-corrected chi connectivity index (χ0v) is 14.7. The van der Waals surface area contributed by atoms with Gasteiger partial charge in [0.2, 0.25) is 5.91 Å². The lowest BCUT2D eigenvalue weighted by molar-refractivity contribution is -0.116. The lowest BCUT2D eigenvalue weighted by Crippen LogP contribution is -2.13. The fourth-order valence-corrected chi connectivity index (χ4v) is 3.25. The molecule has 0 radical (unpaired) electrons. The van der Waals surface area contributed by atoms with E-state index in [9.17, 15) is 9.59 Å². The van der Waals surface area contributed by atoms with Gasteiger partial charge in [-0.15, -0.1) is 11.3 Å². The number of nitrogens with one attached hydrogen (secondary N) is 1. The second kappa shape index (κ2) is 8.61.